The molecule has 2 rings (SSSR count). The highest BCUT2D eigenvalue weighted by Crippen LogP contribution is 2.25. The molecule has 1 aliphatic heterocycles. The summed E-state index contributed by atoms with van der Waals surface area (Å²) in [7, 11) is 0. The van der Waals surface area contributed by atoms with Crippen LogP contribution in [-0.4, -0.2) is 40.7 Å². The van der Waals surface area contributed by atoms with E-state index in [9.17, 15) is 4.79 Å². The number of carbonyl (C=O) groups is 1. The van der Waals surface area contributed by atoms with Crippen LogP contribution in [0.25, 0.3) is 0 Å². The average Bonchev–Trinajstić information content (AvgIpc) is 2.76. The molecule has 2 atom stereocenters. The maximum Gasteiger partial charge on any atom is 0.272 e. The van der Waals surface area contributed by atoms with Gasteiger partial charge in [0.05, 0.1) is 24.0 Å². The second kappa shape index (κ2) is 6.17. The van der Waals surface area contributed by atoms with Gasteiger partial charge in [0, 0.05) is 13.2 Å². The van der Waals surface area contributed by atoms with Crippen LogP contribution in [0.15, 0.2) is 12.4 Å². The average molecular weight is 278 g/mol. The van der Waals surface area contributed by atoms with Gasteiger partial charge in [-0.15, -0.1) is 0 Å². The molecule has 1 fully saturated rings. The number of nitrogens with one attached hydrogen (secondary N) is 2. The summed E-state index contributed by atoms with van der Waals surface area (Å²) in [6, 6.07) is 0. The number of aromatic nitrogens is 2. The Labute approximate surface area is 119 Å². The summed E-state index contributed by atoms with van der Waals surface area (Å²) in [4.78, 5) is 20.6. The lowest BCUT2D eigenvalue weighted by molar-refractivity contribution is 0.0724. The van der Waals surface area contributed by atoms with E-state index in [-0.39, 0.29) is 17.6 Å². The fourth-order valence-electron chi connectivity index (χ4n) is 2.14. The molecular weight excluding hydrogens is 256 g/mol. The zero-order chi connectivity index (χ0) is 14.6. The molecule has 2 N–H and O–H groups in total. The third-order valence-corrected chi connectivity index (χ3v) is 3.71. The molecule has 0 spiro atoms. The molecule has 1 aliphatic rings. The lowest BCUT2D eigenvalue weighted by Gasteiger charge is -2.28. The van der Waals surface area contributed by atoms with Gasteiger partial charge in [-0.2, -0.15) is 0 Å². The molecule has 6 nitrogen and oxygen atoms in total. The second-order valence-electron chi connectivity index (χ2n) is 5.35. The Bertz CT molecular complexity index is 480. The van der Waals surface area contributed by atoms with Crippen molar-refractivity contribution in [3.8, 4) is 0 Å². The number of carbonyl (C=O) groups excluding carboxylic acids is 1. The molecule has 0 bridgehead atoms. The Morgan fingerprint density at radius 3 is 3.00 bits per heavy atom. The van der Waals surface area contributed by atoms with E-state index in [4.69, 9.17) is 4.74 Å². The highest BCUT2D eigenvalue weighted by Gasteiger charge is 2.38. The van der Waals surface area contributed by atoms with Gasteiger partial charge in [-0.3, -0.25) is 9.78 Å². The van der Waals surface area contributed by atoms with Gasteiger partial charge in [0.1, 0.15) is 11.5 Å². The highest BCUT2D eigenvalue weighted by atomic mass is 16.5. The molecule has 2 unspecified atom stereocenters. The van der Waals surface area contributed by atoms with Crippen LogP contribution < -0.4 is 10.6 Å². The normalized spacial score (nSPS) is 25.4. The number of ether oxygens (including phenoxy) is 1. The fourth-order valence-corrected chi connectivity index (χ4v) is 2.14. The standard InChI is InChI=1S/C14H22N4O2/c1-4-6-16-12-9-15-8-11(17-12)13(19)18-14(3)5-7-20-10(14)2/h8-10H,4-7H2,1-3H3,(H,16,17)(H,18,19). The van der Waals surface area contributed by atoms with Crippen molar-refractivity contribution in [1.82, 2.24) is 15.3 Å². The number of hydrogen-bond acceptors (Lipinski definition) is 5. The van der Waals surface area contributed by atoms with Gasteiger partial charge in [-0.25, -0.2) is 4.98 Å². The monoisotopic (exact) mass is 278 g/mol. The zero-order valence-corrected chi connectivity index (χ0v) is 12.3. The van der Waals surface area contributed by atoms with Crippen molar-refractivity contribution >= 4 is 11.7 Å². The second-order valence-corrected chi connectivity index (χ2v) is 5.35. The topological polar surface area (TPSA) is 76.1 Å². The van der Waals surface area contributed by atoms with E-state index in [1.165, 1.54) is 6.20 Å². The quantitative estimate of drug-likeness (QED) is 0.855. The van der Waals surface area contributed by atoms with Gasteiger partial charge in [0.25, 0.3) is 5.91 Å². The molecule has 1 aromatic heterocycles. The van der Waals surface area contributed by atoms with Gasteiger partial charge in [0.2, 0.25) is 0 Å². The van der Waals surface area contributed by atoms with E-state index in [0.29, 0.717) is 18.1 Å². The first-order valence-corrected chi connectivity index (χ1v) is 7.05. The highest BCUT2D eigenvalue weighted by molar-refractivity contribution is 5.92. The van der Waals surface area contributed by atoms with E-state index < -0.39 is 0 Å². The molecule has 20 heavy (non-hydrogen) atoms. The SMILES string of the molecule is CCCNc1cncc(C(=O)NC2(C)CCOC2C)n1. The summed E-state index contributed by atoms with van der Waals surface area (Å²) in [6.07, 6.45) is 4.90. The van der Waals surface area contributed by atoms with E-state index in [2.05, 4.69) is 27.5 Å². The minimum absolute atomic E-state index is 0.000748. The van der Waals surface area contributed by atoms with Crippen LogP contribution in [0.3, 0.4) is 0 Å². The van der Waals surface area contributed by atoms with Gasteiger partial charge in [0.15, 0.2) is 0 Å². The van der Waals surface area contributed by atoms with Crippen LogP contribution in [-0.2, 0) is 4.74 Å². The van der Waals surface area contributed by atoms with Crippen LogP contribution in [0.5, 0.6) is 0 Å². The minimum atomic E-state index is -0.342. The number of hydrogen-bond donors (Lipinski definition) is 2. The van der Waals surface area contributed by atoms with E-state index in [0.717, 1.165) is 19.4 Å². The Morgan fingerprint density at radius 2 is 2.35 bits per heavy atom. The fraction of sp³-hybridized carbons (Fsp3) is 0.643. The Kier molecular flexibility index (Phi) is 4.54. The maximum absolute atomic E-state index is 12.3. The summed E-state index contributed by atoms with van der Waals surface area (Å²) in [5, 5.41) is 6.13. The first kappa shape index (κ1) is 14.7. The first-order valence-electron chi connectivity index (χ1n) is 7.05. The van der Waals surface area contributed by atoms with Crippen molar-refractivity contribution in [2.75, 3.05) is 18.5 Å². The Balaban J connectivity index is 2.05. The Hall–Kier alpha value is -1.69. The van der Waals surface area contributed by atoms with E-state index in [1.54, 1.807) is 6.20 Å². The molecule has 0 saturated carbocycles. The molecule has 0 aliphatic carbocycles. The third kappa shape index (κ3) is 3.25. The van der Waals surface area contributed by atoms with Crippen molar-refractivity contribution < 1.29 is 9.53 Å². The summed E-state index contributed by atoms with van der Waals surface area (Å²) >= 11 is 0. The molecule has 1 aromatic rings. The molecule has 110 valence electrons. The van der Waals surface area contributed by atoms with Crippen molar-refractivity contribution in [3.05, 3.63) is 18.1 Å². The van der Waals surface area contributed by atoms with Crippen LogP contribution >= 0.6 is 0 Å². The summed E-state index contributed by atoms with van der Waals surface area (Å²) in [5.41, 5.74) is -0.0163. The molecule has 1 saturated heterocycles. The van der Waals surface area contributed by atoms with Crippen molar-refractivity contribution in [2.45, 2.75) is 45.3 Å². The van der Waals surface area contributed by atoms with Gasteiger partial charge < -0.3 is 15.4 Å². The van der Waals surface area contributed by atoms with E-state index in [1.807, 2.05) is 13.8 Å². The molecule has 2 heterocycles. The van der Waals surface area contributed by atoms with Gasteiger partial charge in [-0.1, -0.05) is 6.92 Å². The molecule has 0 radical (unpaired) electrons. The number of nitrogens with zero attached hydrogens (tertiary/aromatic N) is 2. The van der Waals surface area contributed by atoms with Crippen LogP contribution in [0.4, 0.5) is 5.82 Å². The van der Waals surface area contributed by atoms with E-state index >= 15 is 0 Å². The summed E-state index contributed by atoms with van der Waals surface area (Å²) in [5.74, 6) is 0.415. The predicted octanol–water partition coefficient (Wildman–Crippen LogP) is 1.60. The predicted molar refractivity (Wildman–Crippen MR) is 76.7 cm³/mol. The van der Waals surface area contributed by atoms with Crippen LogP contribution in [0, 0.1) is 0 Å². The molecule has 6 heteroatoms. The lowest BCUT2D eigenvalue weighted by atomic mass is 9.94. The smallest absolute Gasteiger partial charge is 0.272 e. The largest absolute Gasteiger partial charge is 0.376 e. The Morgan fingerprint density at radius 1 is 1.55 bits per heavy atom. The molecular formula is C14H22N4O2. The van der Waals surface area contributed by atoms with Gasteiger partial charge in [-0.05, 0) is 26.7 Å². The number of anilines is 1. The summed E-state index contributed by atoms with van der Waals surface area (Å²) in [6.45, 7) is 7.51. The van der Waals surface area contributed by atoms with Crippen molar-refractivity contribution in [3.63, 3.8) is 0 Å². The molecule has 1 amide bonds. The van der Waals surface area contributed by atoms with Crippen LogP contribution in [0.2, 0.25) is 0 Å². The van der Waals surface area contributed by atoms with Crippen molar-refractivity contribution in [1.29, 1.82) is 0 Å². The number of amides is 1. The van der Waals surface area contributed by atoms with Crippen LogP contribution in [0.1, 0.15) is 44.1 Å². The van der Waals surface area contributed by atoms with Crippen molar-refractivity contribution in [2.24, 2.45) is 0 Å². The lowest BCUT2D eigenvalue weighted by Crippen LogP contribution is -2.50. The zero-order valence-electron chi connectivity index (χ0n) is 12.3. The van der Waals surface area contributed by atoms with Gasteiger partial charge >= 0.3 is 0 Å². The number of rotatable bonds is 5. The third-order valence-electron chi connectivity index (χ3n) is 3.71. The summed E-state index contributed by atoms with van der Waals surface area (Å²) < 4.78 is 5.52. The first-order chi connectivity index (χ1) is 9.55. The maximum atomic E-state index is 12.3. The minimum Gasteiger partial charge on any atom is -0.376 e. The molecule has 0 aromatic carbocycles.